The van der Waals surface area contributed by atoms with Crippen LogP contribution in [-0.4, -0.2) is 52.9 Å². The van der Waals surface area contributed by atoms with Crippen LogP contribution in [0.3, 0.4) is 0 Å². The molecule has 38 heavy (non-hydrogen) atoms. The first-order valence-electron chi connectivity index (χ1n) is 11.4. The molecular weight excluding hydrogens is 551 g/mol. The molecule has 2 heterocycles. The van der Waals surface area contributed by atoms with Crippen molar-refractivity contribution >= 4 is 40.1 Å². The average molecular weight is 579 g/mol. The Morgan fingerprint density at radius 1 is 0.684 bits per heavy atom. The van der Waals surface area contributed by atoms with E-state index in [1.165, 1.54) is 13.8 Å². The quantitative estimate of drug-likeness (QED) is 0.255. The van der Waals surface area contributed by atoms with Crippen LogP contribution >= 0.6 is 15.9 Å². The first kappa shape index (κ1) is 30.4. The number of aromatic nitrogens is 2. The molecule has 2 N–H and O–H groups in total. The summed E-state index contributed by atoms with van der Waals surface area (Å²) in [6.07, 6.45) is 3.31. The Labute approximate surface area is 230 Å². The molecule has 0 unspecified atom stereocenters. The molecule has 0 aliphatic heterocycles. The van der Waals surface area contributed by atoms with Crippen LogP contribution in [0.25, 0.3) is 11.1 Å². The summed E-state index contributed by atoms with van der Waals surface area (Å²) in [6.45, 7) is 3.01. The van der Waals surface area contributed by atoms with Crippen LogP contribution in [0.15, 0.2) is 89.7 Å². The Bertz CT molecular complexity index is 1300. The van der Waals surface area contributed by atoms with E-state index in [-0.39, 0.29) is 11.6 Å². The van der Waals surface area contributed by atoms with Gasteiger partial charge in [0, 0.05) is 36.3 Å². The lowest BCUT2D eigenvalue weighted by atomic mass is 9.80. The average Bonchev–Trinajstić information content (AvgIpc) is 2.94. The molecule has 2 aromatic carbocycles. The number of rotatable bonds is 6. The number of pyridine rings is 2. The maximum atomic E-state index is 11.1. The van der Waals surface area contributed by atoms with Crippen LogP contribution in [0.1, 0.15) is 34.8 Å². The van der Waals surface area contributed by atoms with Gasteiger partial charge in [0.25, 0.3) is 0 Å². The monoisotopic (exact) mass is 578 g/mol. The second kappa shape index (κ2) is 15.4. The normalized spacial score (nSPS) is 9.66. The van der Waals surface area contributed by atoms with Gasteiger partial charge in [-0.2, -0.15) is 0 Å². The zero-order chi connectivity index (χ0) is 28.1. The Hall–Kier alpha value is -3.86. The Kier molecular flexibility index (Phi) is 12.3. The van der Waals surface area contributed by atoms with Crippen LogP contribution in [-0.2, 0) is 0 Å². The molecule has 10 heteroatoms. The van der Waals surface area contributed by atoms with Gasteiger partial charge in [-0.25, -0.2) is 0 Å². The van der Waals surface area contributed by atoms with Crippen molar-refractivity contribution in [3.05, 3.63) is 101 Å². The largest absolute Gasteiger partial charge is 0.497 e. The van der Waals surface area contributed by atoms with Crippen molar-refractivity contribution in [2.45, 2.75) is 13.8 Å². The lowest BCUT2D eigenvalue weighted by molar-refractivity contribution is 0.100. The lowest BCUT2D eigenvalue weighted by Gasteiger charge is -2.03. The second-order valence-corrected chi connectivity index (χ2v) is 8.70. The number of Topliss-reactive ketones (excluding diaryl/α,β-unsaturated/α-hetero) is 2. The number of ether oxygens (including phenoxy) is 2. The van der Waals surface area contributed by atoms with Gasteiger partial charge in [0.15, 0.2) is 11.6 Å². The molecule has 0 bridgehead atoms. The molecular formula is C28H28BBrN2O6. The molecule has 196 valence electrons. The predicted molar refractivity (Wildman–Crippen MR) is 151 cm³/mol. The third kappa shape index (κ3) is 9.89. The highest BCUT2D eigenvalue weighted by Crippen LogP contribution is 2.21. The topological polar surface area (TPSA) is 119 Å². The predicted octanol–water partition coefficient (Wildman–Crippen LogP) is 4.38. The molecule has 0 spiro atoms. The number of benzene rings is 2. The molecule has 0 atom stereocenters. The number of hydrogen-bond donors (Lipinski definition) is 2. The fraction of sp³-hybridized carbons (Fsp3) is 0.143. The number of carbonyl (C=O) groups is 2. The summed E-state index contributed by atoms with van der Waals surface area (Å²) in [5, 5.41) is 17.4. The van der Waals surface area contributed by atoms with Crippen LogP contribution in [0.5, 0.6) is 11.5 Å². The highest BCUT2D eigenvalue weighted by molar-refractivity contribution is 9.10. The summed E-state index contributed by atoms with van der Waals surface area (Å²) in [5.74, 6) is 1.50. The Morgan fingerprint density at radius 2 is 1.13 bits per heavy atom. The molecule has 8 nitrogen and oxygen atoms in total. The number of methoxy groups -OCH3 is 2. The Balaban J connectivity index is 0.000000211. The van der Waals surface area contributed by atoms with Gasteiger partial charge in [0.05, 0.1) is 14.2 Å². The number of nitrogens with zero attached hydrogens (tertiary/aromatic N) is 2. The number of ketones is 2. The van der Waals surface area contributed by atoms with Gasteiger partial charge in [0.1, 0.15) is 22.9 Å². The van der Waals surface area contributed by atoms with E-state index in [1.54, 1.807) is 69.1 Å². The highest BCUT2D eigenvalue weighted by atomic mass is 79.9. The third-order valence-electron chi connectivity index (χ3n) is 5.05. The fourth-order valence-electron chi connectivity index (χ4n) is 2.92. The van der Waals surface area contributed by atoms with Gasteiger partial charge in [-0.05, 0) is 69.4 Å². The van der Waals surface area contributed by atoms with Crippen molar-refractivity contribution in [2.24, 2.45) is 0 Å². The van der Waals surface area contributed by atoms with E-state index < -0.39 is 7.12 Å². The molecule has 0 fully saturated rings. The second-order valence-electron chi connectivity index (χ2n) is 7.78. The molecule has 0 saturated carbocycles. The third-order valence-corrected chi connectivity index (χ3v) is 5.52. The minimum absolute atomic E-state index is 0.00694. The van der Waals surface area contributed by atoms with Crippen LogP contribution in [0.2, 0.25) is 0 Å². The first-order chi connectivity index (χ1) is 18.1. The standard InChI is InChI=1S/C14H13NO2.C7H9BO3.C7H6BrNO/c1-10(16)14-8-5-12(9-15-14)11-3-6-13(17-2)7-4-11;1-11-7-4-2-6(3-5-7)8(9)10;1-5(10)7-3-2-6(8)4-9-7/h3-9H,1-2H3;2-5,9-10H,1H3;2-4H,1H3. The van der Waals surface area contributed by atoms with Crippen molar-refractivity contribution in [2.75, 3.05) is 14.2 Å². The van der Waals surface area contributed by atoms with Gasteiger partial charge in [-0.15, -0.1) is 0 Å². The van der Waals surface area contributed by atoms with E-state index >= 15 is 0 Å². The lowest BCUT2D eigenvalue weighted by Crippen LogP contribution is -2.29. The molecule has 0 aliphatic rings. The van der Waals surface area contributed by atoms with E-state index in [0.717, 1.165) is 21.3 Å². The molecule has 4 rings (SSSR count). The van der Waals surface area contributed by atoms with Crippen LogP contribution in [0.4, 0.5) is 0 Å². The van der Waals surface area contributed by atoms with Crippen LogP contribution in [0, 0.1) is 0 Å². The van der Waals surface area contributed by atoms with Gasteiger partial charge < -0.3 is 19.5 Å². The maximum Gasteiger partial charge on any atom is 0.488 e. The molecule has 0 amide bonds. The van der Waals surface area contributed by atoms with Crippen molar-refractivity contribution in [3.8, 4) is 22.6 Å². The summed E-state index contributed by atoms with van der Waals surface area (Å²) in [6, 6.07) is 21.4. The van der Waals surface area contributed by atoms with Gasteiger partial charge in [0.2, 0.25) is 0 Å². The summed E-state index contributed by atoms with van der Waals surface area (Å²) >= 11 is 3.22. The summed E-state index contributed by atoms with van der Waals surface area (Å²) in [4.78, 5) is 29.8. The minimum Gasteiger partial charge on any atom is -0.497 e. The van der Waals surface area contributed by atoms with Crippen LogP contribution < -0.4 is 14.9 Å². The van der Waals surface area contributed by atoms with E-state index in [0.29, 0.717) is 22.6 Å². The summed E-state index contributed by atoms with van der Waals surface area (Å²) < 4.78 is 10.9. The molecule has 2 aromatic heterocycles. The van der Waals surface area contributed by atoms with E-state index in [2.05, 4.69) is 25.9 Å². The maximum absolute atomic E-state index is 11.1. The number of halogens is 1. The van der Waals surface area contributed by atoms with Crippen molar-refractivity contribution < 1.29 is 29.1 Å². The number of hydrogen-bond acceptors (Lipinski definition) is 8. The van der Waals surface area contributed by atoms with E-state index in [4.69, 9.17) is 19.5 Å². The minimum atomic E-state index is -1.40. The number of carbonyl (C=O) groups excluding carboxylic acids is 2. The van der Waals surface area contributed by atoms with Gasteiger partial charge in [-0.1, -0.05) is 30.3 Å². The molecule has 4 aromatic rings. The molecule has 0 radical (unpaired) electrons. The van der Waals surface area contributed by atoms with E-state index in [1.807, 2.05) is 30.3 Å². The van der Waals surface area contributed by atoms with E-state index in [9.17, 15) is 9.59 Å². The zero-order valence-corrected chi connectivity index (χ0v) is 23.0. The molecule has 0 saturated heterocycles. The van der Waals surface area contributed by atoms with Crippen molar-refractivity contribution in [3.63, 3.8) is 0 Å². The SMILES string of the molecule is CC(=O)c1ccc(Br)cn1.COc1ccc(-c2ccc(C(C)=O)nc2)cc1.COc1ccc(B(O)O)cc1. The van der Waals surface area contributed by atoms with Crippen molar-refractivity contribution in [1.82, 2.24) is 9.97 Å². The fourth-order valence-corrected chi connectivity index (χ4v) is 3.15. The summed E-state index contributed by atoms with van der Waals surface area (Å²) in [7, 11) is 1.80. The van der Waals surface area contributed by atoms with Gasteiger partial charge in [-0.3, -0.25) is 19.6 Å². The zero-order valence-electron chi connectivity index (χ0n) is 21.5. The smallest absolute Gasteiger partial charge is 0.488 e. The Morgan fingerprint density at radius 3 is 1.50 bits per heavy atom. The van der Waals surface area contributed by atoms with Gasteiger partial charge >= 0.3 is 7.12 Å². The highest BCUT2D eigenvalue weighted by Gasteiger charge is 2.09. The summed E-state index contributed by atoms with van der Waals surface area (Å²) in [5.41, 5.74) is 3.49. The first-order valence-corrected chi connectivity index (χ1v) is 12.2. The molecule has 0 aliphatic carbocycles. The van der Waals surface area contributed by atoms with Crippen molar-refractivity contribution in [1.29, 1.82) is 0 Å².